The van der Waals surface area contributed by atoms with Crippen LogP contribution in [0.2, 0.25) is 0 Å². The quantitative estimate of drug-likeness (QED) is 0.846. The number of methoxy groups -OCH3 is 2. The molecule has 0 amide bonds. The summed E-state index contributed by atoms with van der Waals surface area (Å²) >= 11 is 3.40. The van der Waals surface area contributed by atoms with E-state index in [0.29, 0.717) is 17.9 Å². The van der Waals surface area contributed by atoms with E-state index in [1.54, 1.807) is 32.4 Å². The maximum Gasteiger partial charge on any atom is 0.137 e. The number of benzene rings is 1. The van der Waals surface area contributed by atoms with Crippen molar-refractivity contribution in [2.24, 2.45) is 0 Å². The normalized spacial score (nSPS) is 12.0. The first-order chi connectivity index (χ1) is 7.63. The van der Waals surface area contributed by atoms with E-state index >= 15 is 0 Å². The Labute approximate surface area is 104 Å². The zero-order chi connectivity index (χ0) is 12.1. The monoisotopic (exact) mass is 286 g/mol. The van der Waals surface area contributed by atoms with Gasteiger partial charge < -0.3 is 14.6 Å². The summed E-state index contributed by atoms with van der Waals surface area (Å²) in [5.74, 6) is 1.29. The molecule has 3 nitrogen and oxygen atoms in total. The molecule has 88 valence electrons. The van der Waals surface area contributed by atoms with Gasteiger partial charge >= 0.3 is 0 Å². The van der Waals surface area contributed by atoms with Gasteiger partial charge in [0.25, 0.3) is 0 Å². The minimum absolute atomic E-state index is 0.481. The first kappa shape index (κ1) is 13.1. The number of aliphatic hydroxyl groups excluding tert-OH is 1. The van der Waals surface area contributed by atoms with E-state index in [4.69, 9.17) is 9.47 Å². The molecule has 0 saturated heterocycles. The fourth-order valence-electron chi connectivity index (χ4n) is 1.39. The molecular weight excluding hydrogens is 272 g/mol. The van der Waals surface area contributed by atoms with Crippen LogP contribution < -0.4 is 9.47 Å². The zero-order valence-corrected chi connectivity index (χ0v) is 11.0. The summed E-state index contributed by atoms with van der Waals surface area (Å²) in [6, 6.07) is 3.54. The number of halogens is 1. The molecule has 4 heteroatoms. The van der Waals surface area contributed by atoms with Crippen molar-refractivity contribution in [2.75, 3.05) is 14.2 Å². The number of hydrogen-bond donors (Lipinski definition) is 1. The Morgan fingerprint density at radius 3 is 2.62 bits per heavy atom. The summed E-state index contributed by atoms with van der Waals surface area (Å²) in [6.07, 6.45) is 1.54. The summed E-state index contributed by atoms with van der Waals surface area (Å²) in [4.78, 5) is 0. The van der Waals surface area contributed by atoms with Crippen LogP contribution in [0.4, 0.5) is 0 Å². The van der Waals surface area contributed by atoms with Crippen molar-refractivity contribution >= 4 is 15.9 Å². The van der Waals surface area contributed by atoms with E-state index in [1.807, 2.05) is 0 Å². The van der Waals surface area contributed by atoms with Gasteiger partial charge in [-0.15, -0.1) is 6.58 Å². The molecule has 0 saturated carbocycles. The van der Waals surface area contributed by atoms with E-state index in [1.165, 1.54) is 0 Å². The van der Waals surface area contributed by atoms with Crippen molar-refractivity contribution in [1.29, 1.82) is 0 Å². The Morgan fingerprint density at radius 1 is 1.44 bits per heavy atom. The topological polar surface area (TPSA) is 38.7 Å². The van der Waals surface area contributed by atoms with Gasteiger partial charge in [0.05, 0.1) is 24.8 Å². The smallest absolute Gasteiger partial charge is 0.137 e. The number of ether oxygens (including phenoxy) is 2. The molecule has 0 heterocycles. The van der Waals surface area contributed by atoms with Crippen LogP contribution in [-0.2, 0) is 0 Å². The largest absolute Gasteiger partial charge is 0.497 e. The van der Waals surface area contributed by atoms with Crippen molar-refractivity contribution in [3.8, 4) is 11.5 Å². The molecular formula is C12H15BrO3. The van der Waals surface area contributed by atoms with E-state index in [-0.39, 0.29) is 0 Å². The van der Waals surface area contributed by atoms with Crippen molar-refractivity contribution < 1.29 is 14.6 Å². The first-order valence-electron chi connectivity index (χ1n) is 4.84. The molecule has 0 aliphatic heterocycles. The Morgan fingerprint density at radius 2 is 2.12 bits per heavy atom. The highest BCUT2D eigenvalue weighted by atomic mass is 79.9. The Kier molecular flexibility index (Phi) is 4.83. The lowest BCUT2D eigenvalue weighted by atomic mass is 10.1. The van der Waals surface area contributed by atoms with Crippen molar-refractivity contribution in [3.05, 3.63) is 34.8 Å². The second-order valence-corrected chi connectivity index (χ2v) is 4.07. The lowest BCUT2D eigenvalue weighted by Crippen LogP contribution is -2.00. The molecule has 0 aliphatic carbocycles. The van der Waals surface area contributed by atoms with Gasteiger partial charge in [-0.05, 0) is 28.4 Å². The third-order valence-electron chi connectivity index (χ3n) is 2.25. The van der Waals surface area contributed by atoms with Crippen LogP contribution in [0.1, 0.15) is 18.1 Å². The molecule has 0 spiro atoms. The summed E-state index contributed by atoms with van der Waals surface area (Å²) in [5.41, 5.74) is 0.733. The third-order valence-corrected chi connectivity index (χ3v) is 3.09. The maximum absolute atomic E-state index is 9.93. The number of rotatable bonds is 5. The van der Waals surface area contributed by atoms with Crippen LogP contribution in [0, 0.1) is 0 Å². The molecule has 1 atom stereocenters. The van der Waals surface area contributed by atoms with Gasteiger partial charge in [-0.2, -0.15) is 0 Å². The molecule has 1 aromatic carbocycles. The zero-order valence-electron chi connectivity index (χ0n) is 9.37. The average Bonchev–Trinajstić information content (AvgIpc) is 2.29. The molecule has 0 bridgehead atoms. The second-order valence-electron chi connectivity index (χ2n) is 3.27. The highest BCUT2D eigenvalue weighted by Gasteiger charge is 2.15. The van der Waals surface area contributed by atoms with Gasteiger partial charge in [-0.1, -0.05) is 6.08 Å². The molecule has 0 aliphatic rings. The Hall–Kier alpha value is -1.00. The van der Waals surface area contributed by atoms with Gasteiger partial charge in [-0.3, -0.25) is 0 Å². The van der Waals surface area contributed by atoms with Gasteiger partial charge in [0.15, 0.2) is 0 Å². The molecule has 0 fully saturated rings. The first-order valence-corrected chi connectivity index (χ1v) is 5.63. The minimum Gasteiger partial charge on any atom is -0.497 e. The van der Waals surface area contributed by atoms with Crippen LogP contribution in [-0.4, -0.2) is 19.3 Å². The highest BCUT2D eigenvalue weighted by Crippen LogP contribution is 2.37. The van der Waals surface area contributed by atoms with Gasteiger partial charge in [0, 0.05) is 11.6 Å². The summed E-state index contributed by atoms with van der Waals surface area (Å²) in [6.45, 7) is 3.60. The van der Waals surface area contributed by atoms with Crippen LogP contribution >= 0.6 is 15.9 Å². The number of hydrogen-bond acceptors (Lipinski definition) is 3. The van der Waals surface area contributed by atoms with Gasteiger partial charge in [0.1, 0.15) is 11.5 Å². The molecule has 0 unspecified atom stereocenters. The van der Waals surface area contributed by atoms with Crippen LogP contribution in [0.3, 0.4) is 0 Å². The molecule has 16 heavy (non-hydrogen) atoms. The van der Waals surface area contributed by atoms with E-state index < -0.39 is 6.10 Å². The average molecular weight is 287 g/mol. The predicted molar refractivity (Wildman–Crippen MR) is 67.0 cm³/mol. The van der Waals surface area contributed by atoms with Crippen LogP contribution in [0.15, 0.2) is 29.3 Å². The molecule has 0 radical (unpaired) electrons. The minimum atomic E-state index is -0.615. The summed E-state index contributed by atoms with van der Waals surface area (Å²) < 4.78 is 11.1. The van der Waals surface area contributed by atoms with Crippen molar-refractivity contribution in [1.82, 2.24) is 0 Å². The fourth-order valence-corrected chi connectivity index (χ4v) is 2.04. The second kappa shape index (κ2) is 5.92. The third kappa shape index (κ3) is 2.77. The van der Waals surface area contributed by atoms with Crippen molar-refractivity contribution in [2.45, 2.75) is 12.5 Å². The molecule has 0 aromatic heterocycles. The molecule has 1 rings (SSSR count). The van der Waals surface area contributed by atoms with E-state index in [9.17, 15) is 5.11 Å². The SMILES string of the molecule is C=CC[C@@H](O)c1cc(OC)cc(OC)c1Br. The van der Waals surface area contributed by atoms with Crippen LogP contribution in [0.25, 0.3) is 0 Å². The maximum atomic E-state index is 9.93. The molecule has 1 N–H and O–H groups in total. The lowest BCUT2D eigenvalue weighted by molar-refractivity contribution is 0.180. The number of aliphatic hydroxyl groups is 1. The lowest BCUT2D eigenvalue weighted by Gasteiger charge is -2.15. The van der Waals surface area contributed by atoms with Crippen LogP contribution in [0.5, 0.6) is 11.5 Å². The predicted octanol–water partition coefficient (Wildman–Crippen LogP) is 3.08. The summed E-state index contributed by atoms with van der Waals surface area (Å²) in [5, 5.41) is 9.93. The van der Waals surface area contributed by atoms with Gasteiger partial charge in [-0.25, -0.2) is 0 Å². The summed E-state index contributed by atoms with van der Waals surface area (Å²) in [7, 11) is 3.15. The Balaban J connectivity index is 3.19. The fraction of sp³-hybridized carbons (Fsp3) is 0.333. The standard InChI is InChI=1S/C12H15BrO3/c1-4-5-10(14)9-6-8(15-2)7-11(16-3)12(9)13/h4,6-7,10,14H,1,5H2,2-3H3/t10-/m1/s1. The molecule has 1 aromatic rings. The Bertz CT molecular complexity index is 377. The van der Waals surface area contributed by atoms with E-state index in [2.05, 4.69) is 22.5 Å². The highest BCUT2D eigenvalue weighted by molar-refractivity contribution is 9.10. The van der Waals surface area contributed by atoms with Gasteiger partial charge in [0.2, 0.25) is 0 Å². The van der Waals surface area contributed by atoms with E-state index in [0.717, 1.165) is 10.0 Å². The van der Waals surface area contributed by atoms with Crippen molar-refractivity contribution in [3.63, 3.8) is 0 Å².